The standard InChI is InChI=1S/C24H25ClF3N3/c1-29-23-11-10-19(14-22(23)25)31(15-17-6-2-5-9-21(17)24(26,27)28)20-12-13-30(16-20)18-7-3-4-8-18/h2,5-6,9-11,14,18,20H,3-4,7-8,12-13,15-16H2/t20-/m0/s1. The van der Waals surface area contributed by atoms with Crippen molar-refractivity contribution in [3.05, 3.63) is 70.0 Å². The molecule has 0 radical (unpaired) electrons. The lowest BCUT2D eigenvalue weighted by Gasteiger charge is -2.33. The molecule has 1 aliphatic carbocycles. The average molecular weight is 448 g/mol. The molecule has 2 aromatic carbocycles. The first-order valence-electron chi connectivity index (χ1n) is 10.7. The molecule has 0 aromatic heterocycles. The zero-order valence-electron chi connectivity index (χ0n) is 17.2. The van der Waals surface area contributed by atoms with Crippen molar-refractivity contribution >= 4 is 23.0 Å². The molecule has 1 heterocycles. The third-order valence-electron chi connectivity index (χ3n) is 6.52. The van der Waals surface area contributed by atoms with Crippen molar-refractivity contribution in [2.45, 2.75) is 56.9 Å². The average Bonchev–Trinajstić information content (AvgIpc) is 3.43. The van der Waals surface area contributed by atoms with Gasteiger partial charge in [-0.3, -0.25) is 4.90 Å². The van der Waals surface area contributed by atoms with Gasteiger partial charge >= 0.3 is 6.18 Å². The Labute approximate surface area is 186 Å². The second-order valence-electron chi connectivity index (χ2n) is 8.41. The number of rotatable bonds is 5. The molecule has 0 bridgehead atoms. The molecule has 31 heavy (non-hydrogen) atoms. The lowest BCUT2D eigenvalue weighted by Crippen LogP contribution is -2.39. The quantitative estimate of drug-likeness (QED) is 0.460. The monoisotopic (exact) mass is 447 g/mol. The molecule has 2 fully saturated rings. The maximum Gasteiger partial charge on any atom is 0.416 e. The molecular formula is C24H25ClF3N3. The van der Waals surface area contributed by atoms with Crippen LogP contribution >= 0.6 is 11.6 Å². The summed E-state index contributed by atoms with van der Waals surface area (Å²) in [7, 11) is 0. The summed E-state index contributed by atoms with van der Waals surface area (Å²) in [5.41, 5.74) is 0.752. The Bertz CT molecular complexity index is 963. The summed E-state index contributed by atoms with van der Waals surface area (Å²) in [5.74, 6) is 0. The van der Waals surface area contributed by atoms with Gasteiger partial charge in [0, 0.05) is 42.4 Å². The summed E-state index contributed by atoms with van der Waals surface area (Å²) in [5, 5.41) is 0.326. The maximum absolute atomic E-state index is 13.6. The van der Waals surface area contributed by atoms with Crippen LogP contribution in [0.25, 0.3) is 4.85 Å². The van der Waals surface area contributed by atoms with Crippen LogP contribution < -0.4 is 4.90 Å². The summed E-state index contributed by atoms with van der Waals surface area (Å²) in [6.45, 7) is 9.16. The molecule has 1 saturated carbocycles. The van der Waals surface area contributed by atoms with E-state index >= 15 is 0 Å². The first-order valence-corrected chi connectivity index (χ1v) is 11.1. The Hall–Kier alpha value is -2.23. The SMILES string of the molecule is [C-]#[N+]c1ccc(N(Cc2ccccc2C(F)(F)F)[C@H]2CCN(C3CCCC3)C2)cc1Cl. The molecule has 164 valence electrons. The molecule has 4 rings (SSSR count). The zero-order valence-corrected chi connectivity index (χ0v) is 18.0. The minimum atomic E-state index is -4.40. The van der Waals surface area contributed by atoms with Gasteiger partial charge in [0.15, 0.2) is 0 Å². The maximum atomic E-state index is 13.6. The molecule has 3 nitrogen and oxygen atoms in total. The summed E-state index contributed by atoms with van der Waals surface area (Å²) in [6, 6.07) is 11.6. The predicted octanol–water partition coefficient (Wildman–Crippen LogP) is 6.93. The van der Waals surface area contributed by atoms with E-state index in [1.807, 2.05) is 4.90 Å². The molecule has 1 aliphatic heterocycles. The minimum absolute atomic E-state index is 0.0942. The van der Waals surface area contributed by atoms with Gasteiger partial charge in [0.05, 0.1) is 12.1 Å². The minimum Gasteiger partial charge on any atom is -0.363 e. The van der Waals surface area contributed by atoms with Gasteiger partial charge in [-0.1, -0.05) is 48.7 Å². The number of nitrogens with zero attached hydrogens (tertiary/aromatic N) is 3. The molecule has 2 aromatic rings. The molecule has 0 spiro atoms. The molecule has 2 aliphatic rings. The van der Waals surface area contributed by atoms with Crippen molar-refractivity contribution < 1.29 is 13.2 Å². The molecule has 0 unspecified atom stereocenters. The number of likely N-dealkylation sites (tertiary alicyclic amines) is 1. The molecule has 0 amide bonds. The van der Waals surface area contributed by atoms with Crippen LogP contribution in [0.5, 0.6) is 0 Å². The van der Waals surface area contributed by atoms with Crippen molar-refractivity contribution in [2.75, 3.05) is 18.0 Å². The van der Waals surface area contributed by atoms with Crippen LogP contribution in [-0.4, -0.2) is 30.1 Å². The van der Waals surface area contributed by atoms with E-state index in [-0.39, 0.29) is 18.2 Å². The number of hydrogen-bond donors (Lipinski definition) is 0. The van der Waals surface area contributed by atoms with Gasteiger partial charge in [-0.2, -0.15) is 13.2 Å². The fraction of sp³-hybridized carbons (Fsp3) is 0.458. The Morgan fingerprint density at radius 1 is 1.10 bits per heavy atom. The predicted molar refractivity (Wildman–Crippen MR) is 118 cm³/mol. The van der Waals surface area contributed by atoms with Crippen LogP contribution in [-0.2, 0) is 12.7 Å². The van der Waals surface area contributed by atoms with Crippen molar-refractivity contribution in [1.82, 2.24) is 4.90 Å². The van der Waals surface area contributed by atoms with Crippen LogP contribution in [0.2, 0.25) is 5.02 Å². The Kier molecular flexibility index (Phi) is 6.45. The lowest BCUT2D eigenvalue weighted by molar-refractivity contribution is -0.138. The molecular weight excluding hydrogens is 423 g/mol. The first-order chi connectivity index (χ1) is 14.9. The van der Waals surface area contributed by atoms with E-state index < -0.39 is 11.7 Å². The fourth-order valence-electron chi connectivity index (χ4n) is 4.94. The first kappa shape index (κ1) is 22.0. The van der Waals surface area contributed by atoms with E-state index in [0.29, 0.717) is 16.8 Å². The molecule has 1 saturated heterocycles. The largest absolute Gasteiger partial charge is 0.416 e. The van der Waals surface area contributed by atoms with Crippen LogP contribution in [0.4, 0.5) is 24.5 Å². The van der Waals surface area contributed by atoms with Crippen LogP contribution in [0, 0.1) is 6.57 Å². The van der Waals surface area contributed by atoms with Gasteiger partial charge in [-0.15, -0.1) is 0 Å². The van der Waals surface area contributed by atoms with E-state index in [1.165, 1.54) is 31.7 Å². The zero-order chi connectivity index (χ0) is 22.0. The number of halogens is 4. The summed E-state index contributed by atoms with van der Waals surface area (Å²) < 4.78 is 40.9. The normalized spacial score (nSPS) is 20.2. The lowest BCUT2D eigenvalue weighted by atomic mass is 10.0. The molecule has 1 atom stereocenters. The summed E-state index contributed by atoms with van der Waals surface area (Å²) in [4.78, 5) is 7.94. The number of benzene rings is 2. The fourth-order valence-corrected chi connectivity index (χ4v) is 5.16. The second-order valence-corrected chi connectivity index (χ2v) is 8.81. The number of alkyl halides is 3. The smallest absolute Gasteiger partial charge is 0.363 e. The van der Waals surface area contributed by atoms with Gasteiger partial charge in [0.25, 0.3) is 0 Å². The highest BCUT2D eigenvalue weighted by Crippen LogP contribution is 2.37. The van der Waals surface area contributed by atoms with E-state index in [4.69, 9.17) is 18.2 Å². The van der Waals surface area contributed by atoms with E-state index in [2.05, 4.69) is 9.74 Å². The van der Waals surface area contributed by atoms with Gasteiger partial charge in [-0.05, 0) is 43.0 Å². The Morgan fingerprint density at radius 3 is 2.52 bits per heavy atom. The highest BCUT2D eigenvalue weighted by molar-refractivity contribution is 6.33. The molecule has 7 heteroatoms. The van der Waals surface area contributed by atoms with E-state index in [1.54, 1.807) is 30.3 Å². The van der Waals surface area contributed by atoms with Gasteiger partial charge in [0.2, 0.25) is 5.69 Å². The summed E-state index contributed by atoms with van der Waals surface area (Å²) in [6.07, 6.45) is 1.40. The van der Waals surface area contributed by atoms with Gasteiger partial charge in [0.1, 0.15) is 0 Å². The van der Waals surface area contributed by atoms with Crippen molar-refractivity contribution in [1.29, 1.82) is 0 Å². The van der Waals surface area contributed by atoms with Gasteiger partial charge in [-0.25, -0.2) is 4.85 Å². The van der Waals surface area contributed by atoms with Crippen LogP contribution in [0.15, 0.2) is 42.5 Å². The number of hydrogen-bond acceptors (Lipinski definition) is 2. The molecule has 0 N–H and O–H groups in total. The summed E-state index contributed by atoms with van der Waals surface area (Å²) >= 11 is 6.29. The van der Waals surface area contributed by atoms with Gasteiger partial charge < -0.3 is 4.90 Å². The second kappa shape index (κ2) is 9.10. The Balaban J connectivity index is 1.66. The van der Waals surface area contributed by atoms with Crippen molar-refractivity contribution in [2.24, 2.45) is 0 Å². The highest BCUT2D eigenvalue weighted by atomic mass is 35.5. The third kappa shape index (κ3) is 4.83. The van der Waals surface area contributed by atoms with E-state index in [9.17, 15) is 13.2 Å². The topological polar surface area (TPSA) is 10.8 Å². The van der Waals surface area contributed by atoms with Crippen molar-refractivity contribution in [3.63, 3.8) is 0 Å². The van der Waals surface area contributed by atoms with Crippen LogP contribution in [0.3, 0.4) is 0 Å². The van der Waals surface area contributed by atoms with Crippen molar-refractivity contribution in [3.8, 4) is 0 Å². The third-order valence-corrected chi connectivity index (χ3v) is 6.83. The van der Waals surface area contributed by atoms with E-state index in [0.717, 1.165) is 31.3 Å². The Morgan fingerprint density at radius 2 is 1.84 bits per heavy atom. The number of anilines is 1. The highest BCUT2D eigenvalue weighted by Gasteiger charge is 2.36. The van der Waals surface area contributed by atoms with Crippen LogP contribution in [0.1, 0.15) is 43.2 Å².